The topological polar surface area (TPSA) is 248 Å². The van der Waals surface area contributed by atoms with Gasteiger partial charge in [0.25, 0.3) is 0 Å². The second-order valence-electron chi connectivity index (χ2n) is 12.0. The van der Waals surface area contributed by atoms with Crippen LogP contribution in [0.1, 0.15) is 56.9 Å². The molecule has 1 saturated heterocycles. The monoisotopic (exact) mass is 700 g/mol. The zero-order valence-corrected chi connectivity index (χ0v) is 28.0. The van der Waals surface area contributed by atoms with Gasteiger partial charge in [-0.3, -0.25) is 24.0 Å². The number of primary amides is 2. The van der Waals surface area contributed by atoms with E-state index >= 15 is 0 Å². The van der Waals surface area contributed by atoms with Crippen LogP contribution in [0.4, 0.5) is 4.79 Å². The summed E-state index contributed by atoms with van der Waals surface area (Å²) < 4.78 is 26.7. The van der Waals surface area contributed by atoms with Crippen LogP contribution in [-0.4, -0.2) is 85.1 Å². The molecule has 4 atom stereocenters. The lowest BCUT2D eigenvalue weighted by Crippen LogP contribution is -2.59. The van der Waals surface area contributed by atoms with Gasteiger partial charge in [-0.05, 0) is 61.3 Å². The highest BCUT2D eigenvalue weighted by atomic mass is 32.2. The number of likely N-dealkylation sites (tertiary alicyclic amines) is 1. The van der Waals surface area contributed by atoms with E-state index in [0.717, 1.165) is 16.3 Å². The number of ketones is 1. The number of nitrogens with one attached hydrogen (secondary N) is 3. The minimum absolute atomic E-state index is 0.0607. The van der Waals surface area contributed by atoms with Crippen LogP contribution < -0.4 is 26.8 Å². The largest absolute Gasteiger partial charge is 0.481 e. The summed E-state index contributed by atoms with van der Waals surface area (Å²) in [6, 6.07) is 8.79. The summed E-state index contributed by atoms with van der Waals surface area (Å²) in [6.45, 7) is 3.49. The summed E-state index contributed by atoms with van der Waals surface area (Å²) >= 11 is 0. The van der Waals surface area contributed by atoms with Crippen molar-refractivity contribution in [1.29, 1.82) is 0 Å². The minimum Gasteiger partial charge on any atom is -0.481 e. The van der Waals surface area contributed by atoms with Crippen molar-refractivity contribution in [3.63, 3.8) is 0 Å². The Morgan fingerprint density at radius 3 is 2.37 bits per heavy atom. The van der Waals surface area contributed by atoms with Gasteiger partial charge in [0.2, 0.25) is 27.7 Å². The number of sulfonamides is 1. The van der Waals surface area contributed by atoms with Gasteiger partial charge in [0.1, 0.15) is 12.1 Å². The maximum absolute atomic E-state index is 13.9. The molecular formula is C33H44N6O9S. The van der Waals surface area contributed by atoms with Crippen LogP contribution in [-0.2, 0) is 40.4 Å². The molecule has 1 aliphatic heterocycles. The van der Waals surface area contributed by atoms with E-state index in [1.807, 2.05) is 42.5 Å². The van der Waals surface area contributed by atoms with Gasteiger partial charge in [0.05, 0.1) is 6.04 Å². The average molecular weight is 701 g/mol. The van der Waals surface area contributed by atoms with Crippen molar-refractivity contribution in [3.05, 3.63) is 60.0 Å². The van der Waals surface area contributed by atoms with Crippen molar-refractivity contribution in [2.24, 2.45) is 17.4 Å². The molecular weight excluding hydrogens is 656 g/mol. The number of nitrogens with two attached hydrogens (primary N) is 2. The Morgan fingerprint density at radius 1 is 1.00 bits per heavy atom. The third-order valence-corrected chi connectivity index (χ3v) is 9.45. The molecule has 49 heavy (non-hydrogen) atoms. The number of rotatable bonds is 19. The van der Waals surface area contributed by atoms with Crippen LogP contribution in [0.3, 0.4) is 0 Å². The van der Waals surface area contributed by atoms with E-state index in [1.165, 1.54) is 4.90 Å². The predicted molar refractivity (Wildman–Crippen MR) is 181 cm³/mol. The first kappa shape index (κ1) is 38.6. The number of Topliss-reactive ketones (excluding diaryl/α,β-unsaturated/α-hetero) is 1. The van der Waals surface area contributed by atoms with Crippen LogP contribution in [0.2, 0.25) is 0 Å². The lowest BCUT2D eigenvalue weighted by Gasteiger charge is -2.37. The first-order valence-corrected chi connectivity index (χ1v) is 17.6. The van der Waals surface area contributed by atoms with Crippen LogP contribution in [0, 0.1) is 5.92 Å². The number of carboxylic acids is 1. The van der Waals surface area contributed by atoms with E-state index in [1.54, 1.807) is 0 Å². The van der Waals surface area contributed by atoms with E-state index in [4.69, 9.17) is 11.5 Å². The number of benzene rings is 2. The van der Waals surface area contributed by atoms with Gasteiger partial charge in [0.15, 0.2) is 5.78 Å². The van der Waals surface area contributed by atoms with Crippen molar-refractivity contribution in [2.45, 2.75) is 75.9 Å². The molecule has 1 fully saturated rings. The number of carbonyl (C=O) groups excluding carboxylic acids is 5. The Morgan fingerprint density at radius 2 is 1.71 bits per heavy atom. The second kappa shape index (κ2) is 18.1. The van der Waals surface area contributed by atoms with E-state index in [0.29, 0.717) is 24.7 Å². The molecule has 2 aromatic carbocycles. The minimum atomic E-state index is -4.14. The number of carbonyl (C=O) groups is 6. The molecule has 0 spiro atoms. The fourth-order valence-corrected chi connectivity index (χ4v) is 6.53. The molecule has 1 heterocycles. The highest BCUT2D eigenvalue weighted by molar-refractivity contribution is 7.92. The van der Waals surface area contributed by atoms with Gasteiger partial charge in [0, 0.05) is 37.3 Å². The molecule has 0 unspecified atom stereocenters. The van der Waals surface area contributed by atoms with Crippen molar-refractivity contribution in [2.75, 3.05) is 13.1 Å². The Hall–Kier alpha value is -4.83. The number of urea groups is 1. The van der Waals surface area contributed by atoms with E-state index in [2.05, 4.69) is 21.9 Å². The third kappa shape index (κ3) is 12.0. The number of carboxylic acid groups (broad SMARTS) is 1. The molecule has 16 heteroatoms. The molecule has 0 saturated carbocycles. The van der Waals surface area contributed by atoms with Crippen molar-refractivity contribution in [1.82, 2.24) is 20.3 Å². The normalized spacial score (nSPS) is 16.6. The number of fused-ring (bicyclic) bond motifs is 1. The second-order valence-corrected chi connectivity index (χ2v) is 13.7. The fourth-order valence-electron chi connectivity index (χ4n) is 5.82. The average Bonchev–Trinajstić information content (AvgIpc) is 3.06. The molecule has 1 aliphatic rings. The first-order chi connectivity index (χ1) is 23.2. The summed E-state index contributed by atoms with van der Waals surface area (Å²) in [7, 11) is -4.14. The molecule has 0 aliphatic carbocycles. The van der Waals surface area contributed by atoms with Crippen LogP contribution in [0.5, 0.6) is 0 Å². The van der Waals surface area contributed by atoms with Crippen LogP contribution in [0.25, 0.3) is 10.8 Å². The van der Waals surface area contributed by atoms with Gasteiger partial charge in [-0.1, -0.05) is 49.0 Å². The van der Waals surface area contributed by atoms with Gasteiger partial charge >= 0.3 is 12.0 Å². The molecule has 266 valence electrons. The van der Waals surface area contributed by atoms with Gasteiger partial charge < -0.3 is 32.1 Å². The number of hydrogen-bond donors (Lipinski definition) is 6. The van der Waals surface area contributed by atoms with Gasteiger partial charge in [-0.25, -0.2) is 13.2 Å². The number of nitrogens with zero attached hydrogens (tertiary/aromatic N) is 1. The molecule has 2 aromatic rings. The number of amides is 5. The van der Waals surface area contributed by atoms with E-state index < -0.39 is 76.0 Å². The SMILES string of the molecule is C=CS(=O)(=O)N[C@@H](CCC(=O)O)C(=O)N1CCCC[C@H]1C(=O)N[C@@H](Cc1ccc2ccccc2c1)C(=O)C[C@@H](CCCNC(N)=O)C(N)=O. The van der Waals surface area contributed by atoms with Crippen LogP contribution >= 0.6 is 0 Å². The molecule has 5 amide bonds. The molecule has 8 N–H and O–H groups in total. The van der Waals surface area contributed by atoms with Crippen LogP contribution in [0.15, 0.2) is 54.5 Å². The maximum Gasteiger partial charge on any atom is 0.312 e. The summed E-state index contributed by atoms with van der Waals surface area (Å²) in [4.78, 5) is 77.2. The van der Waals surface area contributed by atoms with Gasteiger partial charge in [-0.2, -0.15) is 4.72 Å². The first-order valence-electron chi connectivity index (χ1n) is 16.0. The summed E-state index contributed by atoms with van der Waals surface area (Å²) in [5, 5.41) is 16.9. The van der Waals surface area contributed by atoms with Crippen molar-refractivity contribution in [3.8, 4) is 0 Å². The molecule has 0 bridgehead atoms. The third-order valence-electron chi connectivity index (χ3n) is 8.40. The van der Waals surface area contributed by atoms with Gasteiger partial charge in [-0.15, -0.1) is 0 Å². The van der Waals surface area contributed by atoms with Crippen molar-refractivity contribution >= 4 is 56.3 Å². The summed E-state index contributed by atoms with van der Waals surface area (Å²) in [5.41, 5.74) is 11.4. The smallest absolute Gasteiger partial charge is 0.312 e. The number of aliphatic carboxylic acids is 1. The standard InChI is InChI=1S/C33H44N6O9S/c1-2-49(47,48)38-25(14-15-29(41)42)32(45)39-17-6-5-11-27(39)31(44)37-26(19-21-12-13-22-8-3-4-9-23(22)18-21)28(40)20-24(30(34)43)10-7-16-36-33(35)46/h2-4,8-9,12-13,18,24-27,38H,1,5-7,10-11,14-17,19-20H2,(H2,34,43)(H,37,44)(H,41,42)(H3,35,36,46)/t24-,25+,26+,27+/m1/s1. The lowest BCUT2D eigenvalue weighted by atomic mass is 9.90. The maximum atomic E-state index is 13.9. The van der Waals surface area contributed by atoms with E-state index in [9.17, 15) is 42.3 Å². The van der Waals surface area contributed by atoms with Crippen molar-refractivity contribution < 1.29 is 42.3 Å². The highest BCUT2D eigenvalue weighted by Gasteiger charge is 2.38. The number of hydrogen-bond acceptors (Lipinski definition) is 8. The van der Waals surface area contributed by atoms with E-state index in [-0.39, 0.29) is 45.2 Å². The zero-order chi connectivity index (χ0) is 36.1. The highest BCUT2D eigenvalue weighted by Crippen LogP contribution is 2.22. The predicted octanol–water partition coefficient (Wildman–Crippen LogP) is 1.05. The summed E-state index contributed by atoms with van der Waals surface area (Å²) in [5.74, 6) is -4.75. The fraction of sp³-hybridized carbons (Fsp3) is 0.455. The zero-order valence-electron chi connectivity index (χ0n) is 27.1. The Kier molecular flexibility index (Phi) is 14.2. The Labute approximate surface area is 284 Å². The molecule has 0 radical (unpaired) electrons. The molecule has 15 nitrogen and oxygen atoms in total. The Bertz CT molecular complexity index is 1660. The quantitative estimate of drug-likeness (QED) is 0.115. The number of piperidine rings is 1. The lowest BCUT2D eigenvalue weighted by molar-refractivity contribution is -0.145. The molecule has 0 aromatic heterocycles. The Balaban J connectivity index is 1.88. The summed E-state index contributed by atoms with van der Waals surface area (Å²) in [6.07, 6.45) is 0.687. The molecule has 3 rings (SSSR count).